The highest BCUT2D eigenvalue weighted by Gasteiger charge is 2.25. The number of rotatable bonds is 5. The van der Waals surface area contributed by atoms with Gasteiger partial charge in [0, 0.05) is 36.7 Å². The van der Waals surface area contributed by atoms with Crippen molar-refractivity contribution in [2.45, 2.75) is 0 Å². The SMILES string of the molecule is c1ccc(N(c2ccccc2-c2cc3ccccc3c3ccccc23)c2cccc3oc4ccccc4c23)c(-c2ccc3sc4ccccc4c3c2)c1. The smallest absolute Gasteiger partial charge is 0.137 e. The molecule has 0 aliphatic rings. The van der Waals surface area contributed by atoms with E-state index in [1.54, 1.807) is 0 Å². The number of furan rings is 1. The molecule has 0 bridgehead atoms. The lowest BCUT2D eigenvalue weighted by Crippen LogP contribution is -2.13. The monoisotopic (exact) mass is 693 g/mol. The summed E-state index contributed by atoms with van der Waals surface area (Å²) in [6, 6.07) is 68.1. The average Bonchev–Trinajstić information content (AvgIpc) is 3.80. The summed E-state index contributed by atoms with van der Waals surface area (Å²) in [5.74, 6) is 0. The normalized spacial score (nSPS) is 11.8. The molecule has 0 aliphatic heterocycles. The molecule has 9 aromatic carbocycles. The van der Waals surface area contributed by atoms with E-state index in [1.807, 2.05) is 17.4 Å². The van der Waals surface area contributed by atoms with Gasteiger partial charge in [0.25, 0.3) is 0 Å². The third-order valence-corrected chi connectivity index (χ3v) is 11.8. The van der Waals surface area contributed by atoms with Crippen molar-refractivity contribution in [3.8, 4) is 22.3 Å². The molecule has 53 heavy (non-hydrogen) atoms. The Kier molecular flexibility index (Phi) is 6.76. The second kappa shape index (κ2) is 11.9. The van der Waals surface area contributed by atoms with Crippen molar-refractivity contribution >= 4 is 92.1 Å². The second-order valence-electron chi connectivity index (χ2n) is 13.6. The fraction of sp³-hybridized carbons (Fsp3) is 0. The predicted molar refractivity (Wildman–Crippen MR) is 227 cm³/mol. The van der Waals surface area contributed by atoms with E-state index in [0.29, 0.717) is 0 Å². The number of hydrogen-bond donors (Lipinski definition) is 0. The molecule has 2 nitrogen and oxygen atoms in total. The molecule has 11 rings (SSSR count). The average molecular weight is 694 g/mol. The summed E-state index contributed by atoms with van der Waals surface area (Å²) in [4.78, 5) is 2.47. The van der Waals surface area contributed by atoms with Crippen molar-refractivity contribution in [2.24, 2.45) is 0 Å². The lowest BCUT2D eigenvalue weighted by atomic mass is 9.91. The molecule has 0 fully saturated rings. The molecule has 2 heterocycles. The van der Waals surface area contributed by atoms with Gasteiger partial charge in [-0.15, -0.1) is 11.3 Å². The Balaban J connectivity index is 1.23. The maximum Gasteiger partial charge on any atom is 0.137 e. The van der Waals surface area contributed by atoms with E-state index in [0.717, 1.165) is 50.1 Å². The van der Waals surface area contributed by atoms with Gasteiger partial charge in [0.1, 0.15) is 11.2 Å². The largest absolute Gasteiger partial charge is 0.456 e. The maximum atomic E-state index is 6.51. The molecule has 0 spiro atoms. The second-order valence-corrected chi connectivity index (χ2v) is 14.7. The van der Waals surface area contributed by atoms with E-state index >= 15 is 0 Å². The number of fused-ring (bicyclic) bond motifs is 9. The van der Waals surface area contributed by atoms with Crippen LogP contribution in [0.1, 0.15) is 0 Å². The number of anilines is 3. The molecule has 0 saturated heterocycles. The van der Waals surface area contributed by atoms with Crippen LogP contribution in [-0.4, -0.2) is 0 Å². The molecule has 0 atom stereocenters. The predicted octanol–water partition coefficient (Wildman–Crippen LogP) is 15.1. The van der Waals surface area contributed by atoms with Crippen LogP contribution >= 0.6 is 11.3 Å². The molecule has 248 valence electrons. The van der Waals surface area contributed by atoms with Gasteiger partial charge in [-0.2, -0.15) is 0 Å². The summed E-state index contributed by atoms with van der Waals surface area (Å²) in [7, 11) is 0. The summed E-state index contributed by atoms with van der Waals surface area (Å²) in [5.41, 5.74) is 9.72. The number of nitrogens with zero attached hydrogens (tertiary/aromatic N) is 1. The van der Waals surface area contributed by atoms with Crippen LogP contribution < -0.4 is 4.90 Å². The van der Waals surface area contributed by atoms with Gasteiger partial charge in [-0.25, -0.2) is 0 Å². The third-order valence-electron chi connectivity index (χ3n) is 10.7. The van der Waals surface area contributed by atoms with E-state index in [9.17, 15) is 0 Å². The van der Waals surface area contributed by atoms with Crippen molar-refractivity contribution in [1.82, 2.24) is 0 Å². The Morgan fingerprint density at radius 2 is 0.962 bits per heavy atom. The van der Waals surface area contributed by atoms with E-state index in [2.05, 4.69) is 187 Å². The minimum Gasteiger partial charge on any atom is -0.456 e. The molecular weight excluding hydrogens is 663 g/mol. The first kappa shape index (κ1) is 30.0. The van der Waals surface area contributed by atoms with Crippen LogP contribution in [-0.2, 0) is 0 Å². The quantitative estimate of drug-likeness (QED) is 0.167. The summed E-state index contributed by atoms with van der Waals surface area (Å²) in [6.07, 6.45) is 0. The first-order valence-electron chi connectivity index (χ1n) is 18.0. The lowest BCUT2D eigenvalue weighted by Gasteiger charge is -2.30. The van der Waals surface area contributed by atoms with Crippen molar-refractivity contribution in [3.05, 3.63) is 188 Å². The molecule has 0 saturated carbocycles. The highest BCUT2D eigenvalue weighted by molar-refractivity contribution is 7.25. The van der Waals surface area contributed by atoms with Gasteiger partial charge in [-0.3, -0.25) is 0 Å². The zero-order valence-corrected chi connectivity index (χ0v) is 29.5. The summed E-state index contributed by atoms with van der Waals surface area (Å²) in [5, 5.41) is 9.74. The van der Waals surface area contributed by atoms with Gasteiger partial charge in [0.15, 0.2) is 0 Å². The first-order chi connectivity index (χ1) is 26.3. The Bertz CT molecular complexity index is 3200. The van der Waals surface area contributed by atoms with Gasteiger partial charge < -0.3 is 9.32 Å². The van der Waals surface area contributed by atoms with Crippen LogP contribution in [0.15, 0.2) is 192 Å². The minimum absolute atomic E-state index is 0.867. The van der Waals surface area contributed by atoms with Crippen LogP contribution in [0.5, 0.6) is 0 Å². The van der Waals surface area contributed by atoms with Gasteiger partial charge in [-0.1, -0.05) is 133 Å². The standard InChI is InChI=1S/C50H31NOS/c1-2-15-34-32(14-1)30-41(37-18-4-3-17-36(34)37)38-19-6-10-23-44(38)51(45-24-13-26-47-50(45)40-21-7-11-25-46(40)52-47)43-22-9-5-16-35(43)33-28-29-49-42(31-33)39-20-8-12-27-48(39)53-49/h1-31H. The minimum atomic E-state index is 0.867. The van der Waals surface area contributed by atoms with Crippen LogP contribution in [0.2, 0.25) is 0 Å². The number of thiophene rings is 1. The lowest BCUT2D eigenvalue weighted by molar-refractivity contribution is 0.669. The van der Waals surface area contributed by atoms with E-state index in [1.165, 1.54) is 52.8 Å². The third kappa shape index (κ3) is 4.71. The van der Waals surface area contributed by atoms with Crippen molar-refractivity contribution < 1.29 is 4.42 Å². The Labute approximate surface area is 310 Å². The van der Waals surface area contributed by atoms with Gasteiger partial charge >= 0.3 is 0 Å². The number of hydrogen-bond acceptors (Lipinski definition) is 3. The molecule has 0 aliphatic carbocycles. The maximum absolute atomic E-state index is 6.51. The molecule has 0 amide bonds. The van der Waals surface area contributed by atoms with Gasteiger partial charge in [-0.05, 0) is 87.3 Å². The first-order valence-corrected chi connectivity index (χ1v) is 18.8. The summed E-state index contributed by atoms with van der Waals surface area (Å²) >= 11 is 1.85. The number of para-hydroxylation sites is 3. The fourth-order valence-electron chi connectivity index (χ4n) is 8.31. The molecule has 0 radical (unpaired) electrons. The van der Waals surface area contributed by atoms with Crippen molar-refractivity contribution in [1.29, 1.82) is 0 Å². The molecule has 0 unspecified atom stereocenters. The van der Waals surface area contributed by atoms with E-state index in [-0.39, 0.29) is 0 Å². The van der Waals surface area contributed by atoms with Gasteiger partial charge in [0.2, 0.25) is 0 Å². The zero-order chi connectivity index (χ0) is 34.9. The van der Waals surface area contributed by atoms with Crippen LogP contribution in [0.4, 0.5) is 17.1 Å². The summed E-state index contributed by atoms with van der Waals surface area (Å²) < 4.78 is 9.11. The molecule has 11 aromatic rings. The Morgan fingerprint density at radius 3 is 1.83 bits per heavy atom. The topological polar surface area (TPSA) is 16.4 Å². The van der Waals surface area contributed by atoms with E-state index in [4.69, 9.17) is 4.42 Å². The van der Waals surface area contributed by atoms with Crippen molar-refractivity contribution in [2.75, 3.05) is 4.90 Å². The highest BCUT2D eigenvalue weighted by Crippen LogP contribution is 2.50. The Morgan fingerprint density at radius 1 is 0.358 bits per heavy atom. The molecule has 3 heteroatoms. The van der Waals surface area contributed by atoms with E-state index < -0.39 is 0 Å². The van der Waals surface area contributed by atoms with Gasteiger partial charge in [0.05, 0.1) is 22.4 Å². The molecular formula is C50H31NOS. The Hall–Kier alpha value is -6.68. The summed E-state index contributed by atoms with van der Waals surface area (Å²) in [6.45, 7) is 0. The highest BCUT2D eigenvalue weighted by atomic mass is 32.1. The van der Waals surface area contributed by atoms with Crippen LogP contribution in [0.3, 0.4) is 0 Å². The molecule has 0 N–H and O–H groups in total. The zero-order valence-electron chi connectivity index (χ0n) is 28.7. The number of benzene rings is 9. The fourth-order valence-corrected chi connectivity index (χ4v) is 9.40. The molecule has 2 aromatic heterocycles. The van der Waals surface area contributed by atoms with Crippen LogP contribution in [0, 0.1) is 0 Å². The van der Waals surface area contributed by atoms with Crippen molar-refractivity contribution in [3.63, 3.8) is 0 Å². The van der Waals surface area contributed by atoms with Crippen LogP contribution in [0.25, 0.3) is 85.9 Å².